The Bertz CT molecular complexity index is 225. The SMILES string of the molecule is CCCC1CC2(CCO1)CCC(=O)O2. The highest BCUT2D eigenvalue weighted by atomic mass is 16.6. The molecule has 0 aliphatic carbocycles. The lowest BCUT2D eigenvalue weighted by Crippen LogP contribution is -2.40. The second-order valence-corrected chi connectivity index (χ2v) is 4.39. The van der Waals surface area contributed by atoms with Crippen LogP contribution in [0.25, 0.3) is 0 Å². The van der Waals surface area contributed by atoms with Crippen molar-refractivity contribution in [2.24, 2.45) is 0 Å². The normalized spacial score (nSPS) is 37.5. The molecule has 0 N–H and O–H groups in total. The highest BCUT2D eigenvalue weighted by Gasteiger charge is 2.44. The maximum Gasteiger partial charge on any atom is 0.306 e. The van der Waals surface area contributed by atoms with Crippen LogP contribution < -0.4 is 0 Å². The largest absolute Gasteiger partial charge is 0.459 e. The van der Waals surface area contributed by atoms with E-state index in [1.807, 2.05) is 0 Å². The van der Waals surface area contributed by atoms with E-state index in [1.165, 1.54) is 0 Å². The van der Waals surface area contributed by atoms with E-state index in [2.05, 4.69) is 6.92 Å². The Labute approximate surface area is 84.8 Å². The van der Waals surface area contributed by atoms with Crippen LogP contribution in [0.5, 0.6) is 0 Å². The van der Waals surface area contributed by atoms with Gasteiger partial charge in [0.1, 0.15) is 5.60 Å². The topological polar surface area (TPSA) is 35.5 Å². The van der Waals surface area contributed by atoms with Crippen LogP contribution in [0.3, 0.4) is 0 Å². The summed E-state index contributed by atoms with van der Waals surface area (Å²) in [5.41, 5.74) is -0.158. The Hall–Kier alpha value is -0.570. The summed E-state index contributed by atoms with van der Waals surface area (Å²) in [5, 5.41) is 0. The molecule has 0 aromatic carbocycles. The molecule has 0 bridgehead atoms. The van der Waals surface area contributed by atoms with Crippen LogP contribution in [-0.4, -0.2) is 24.3 Å². The van der Waals surface area contributed by atoms with E-state index in [9.17, 15) is 4.79 Å². The van der Waals surface area contributed by atoms with Crippen molar-refractivity contribution >= 4 is 5.97 Å². The first kappa shape index (κ1) is 9.97. The van der Waals surface area contributed by atoms with Crippen LogP contribution in [0, 0.1) is 0 Å². The second-order valence-electron chi connectivity index (χ2n) is 4.39. The number of carbonyl (C=O) groups excluding carboxylic acids is 1. The number of esters is 1. The van der Waals surface area contributed by atoms with Crippen molar-refractivity contribution < 1.29 is 14.3 Å². The van der Waals surface area contributed by atoms with E-state index in [1.54, 1.807) is 0 Å². The summed E-state index contributed by atoms with van der Waals surface area (Å²) in [4.78, 5) is 11.1. The molecule has 0 aromatic heterocycles. The van der Waals surface area contributed by atoms with E-state index in [-0.39, 0.29) is 11.6 Å². The smallest absolute Gasteiger partial charge is 0.306 e. The molecule has 14 heavy (non-hydrogen) atoms. The molecule has 80 valence electrons. The van der Waals surface area contributed by atoms with Crippen molar-refractivity contribution in [3.05, 3.63) is 0 Å². The summed E-state index contributed by atoms with van der Waals surface area (Å²) in [6, 6.07) is 0. The fourth-order valence-electron chi connectivity index (χ4n) is 2.49. The standard InChI is InChI=1S/C11H18O3/c1-2-3-9-8-11(6-7-13-9)5-4-10(12)14-11/h9H,2-8H2,1H3. The van der Waals surface area contributed by atoms with Crippen LogP contribution in [0.2, 0.25) is 0 Å². The van der Waals surface area contributed by atoms with E-state index >= 15 is 0 Å². The van der Waals surface area contributed by atoms with Crippen molar-refractivity contribution in [2.75, 3.05) is 6.61 Å². The van der Waals surface area contributed by atoms with Crippen LogP contribution in [0.1, 0.15) is 45.4 Å². The van der Waals surface area contributed by atoms with Gasteiger partial charge < -0.3 is 9.47 Å². The zero-order valence-corrected chi connectivity index (χ0v) is 8.75. The van der Waals surface area contributed by atoms with Crippen LogP contribution >= 0.6 is 0 Å². The molecule has 2 atom stereocenters. The molecule has 0 radical (unpaired) electrons. The number of rotatable bonds is 2. The van der Waals surface area contributed by atoms with E-state index in [0.717, 1.165) is 38.7 Å². The number of hydrogen-bond donors (Lipinski definition) is 0. The average molecular weight is 198 g/mol. The van der Waals surface area contributed by atoms with Gasteiger partial charge in [-0.3, -0.25) is 4.79 Å². The van der Waals surface area contributed by atoms with Gasteiger partial charge in [-0.05, 0) is 12.8 Å². The van der Waals surface area contributed by atoms with Gasteiger partial charge in [0.15, 0.2) is 0 Å². The summed E-state index contributed by atoms with van der Waals surface area (Å²) >= 11 is 0. The van der Waals surface area contributed by atoms with Gasteiger partial charge in [-0.1, -0.05) is 13.3 Å². The molecule has 3 heteroatoms. The summed E-state index contributed by atoms with van der Waals surface area (Å²) in [7, 11) is 0. The lowest BCUT2D eigenvalue weighted by atomic mass is 9.86. The minimum atomic E-state index is -0.158. The van der Waals surface area contributed by atoms with Gasteiger partial charge in [0, 0.05) is 19.3 Å². The summed E-state index contributed by atoms with van der Waals surface area (Å²) < 4.78 is 11.1. The van der Waals surface area contributed by atoms with E-state index in [4.69, 9.17) is 9.47 Å². The summed E-state index contributed by atoms with van der Waals surface area (Å²) in [5.74, 6) is -0.0258. The average Bonchev–Trinajstić information content (AvgIpc) is 2.48. The first-order valence-electron chi connectivity index (χ1n) is 5.57. The highest BCUT2D eigenvalue weighted by Crippen LogP contribution is 2.38. The monoisotopic (exact) mass is 198 g/mol. The Morgan fingerprint density at radius 1 is 1.50 bits per heavy atom. The van der Waals surface area contributed by atoms with Gasteiger partial charge in [-0.25, -0.2) is 0 Å². The van der Waals surface area contributed by atoms with Gasteiger partial charge in [0.05, 0.1) is 12.7 Å². The summed E-state index contributed by atoms with van der Waals surface area (Å²) in [6.07, 6.45) is 5.81. The van der Waals surface area contributed by atoms with Crippen molar-refractivity contribution in [3.8, 4) is 0 Å². The molecule has 1 spiro atoms. The van der Waals surface area contributed by atoms with Gasteiger partial charge in [-0.15, -0.1) is 0 Å². The molecule has 0 aromatic rings. The lowest BCUT2D eigenvalue weighted by molar-refractivity contribution is -0.160. The molecule has 2 unspecified atom stereocenters. The molecule has 3 nitrogen and oxygen atoms in total. The Kier molecular flexibility index (Phi) is 2.77. The molecule has 2 fully saturated rings. The zero-order chi connectivity index (χ0) is 10.0. The van der Waals surface area contributed by atoms with Crippen LogP contribution in [-0.2, 0) is 14.3 Å². The van der Waals surface area contributed by atoms with E-state index in [0.29, 0.717) is 12.5 Å². The van der Waals surface area contributed by atoms with E-state index < -0.39 is 0 Å². The third-order valence-electron chi connectivity index (χ3n) is 3.24. The quantitative estimate of drug-likeness (QED) is 0.637. The van der Waals surface area contributed by atoms with Gasteiger partial charge in [-0.2, -0.15) is 0 Å². The molecule has 0 saturated carbocycles. The number of hydrogen-bond acceptors (Lipinski definition) is 3. The summed E-state index contributed by atoms with van der Waals surface area (Å²) in [6.45, 7) is 2.91. The Balaban J connectivity index is 1.96. The third kappa shape index (κ3) is 1.92. The van der Waals surface area contributed by atoms with Crippen molar-refractivity contribution in [1.29, 1.82) is 0 Å². The van der Waals surface area contributed by atoms with Crippen molar-refractivity contribution in [1.82, 2.24) is 0 Å². The fraction of sp³-hybridized carbons (Fsp3) is 0.909. The van der Waals surface area contributed by atoms with Gasteiger partial charge in [0.25, 0.3) is 0 Å². The minimum Gasteiger partial charge on any atom is -0.459 e. The minimum absolute atomic E-state index is 0.0258. The second kappa shape index (κ2) is 3.89. The highest BCUT2D eigenvalue weighted by molar-refractivity contribution is 5.72. The molecular weight excluding hydrogens is 180 g/mol. The van der Waals surface area contributed by atoms with Crippen LogP contribution in [0.15, 0.2) is 0 Å². The Morgan fingerprint density at radius 3 is 3.00 bits per heavy atom. The van der Waals surface area contributed by atoms with Gasteiger partial charge in [0.2, 0.25) is 0 Å². The molecule has 2 saturated heterocycles. The van der Waals surface area contributed by atoms with Crippen molar-refractivity contribution in [3.63, 3.8) is 0 Å². The molecule has 2 rings (SSSR count). The maximum absolute atomic E-state index is 11.1. The molecule has 0 amide bonds. The van der Waals surface area contributed by atoms with Gasteiger partial charge >= 0.3 is 5.97 Å². The van der Waals surface area contributed by atoms with Crippen molar-refractivity contribution in [2.45, 2.75) is 57.2 Å². The van der Waals surface area contributed by atoms with Crippen LogP contribution in [0.4, 0.5) is 0 Å². The maximum atomic E-state index is 11.1. The first-order valence-corrected chi connectivity index (χ1v) is 5.57. The zero-order valence-electron chi connectivity index (χ0n) is 8.75. The predicted octanol–water partition coefficient (Wildman–Crippen LogP) is 2.04. The predicted molar refractivity (Wildman–Crippen MR) is 51.9 cm³/mol. The first-order chi connectivity index (χ1) is 6.74. The fourth-order valence-corrected chi connectivity index (χ4v) is 2.49. The molecule has 2 aliphatic rings. The molecule has 2 heterocycles. The lowest BCUT2D eigenvalue weighted by Gasteiger charge is -2.36. The molecule has 2 aliphatic heterocycles. The number of carbonyl (C=O) groups is 1. The number of ether oxygens (including phenoxy) is 2. The molecular formula is C11H18O3. The third-order valence-corrected chi connectivity index (χ3v) is 3.24. The Morgan fingerprint density at radius 2 is 2.36 bits per heavy atom.